The second-order valence-electron chi connectivity index (χ2n) is 5.42. The zero-order valence-electron chi connectivity index (χ0n) is 12.8. The average Bonchev–Trinajstić information content (AvgIpc) is 2.53. The van der Waals surface area contributed by atoms with Gasteiger partial charge in [-0.1, -0.05) is 37.1 Å². The number of fused-ring (bicyclic) bond motifs is 1. The van der Waals surface area contributed by atoms with Crippen LogP contribution in [0.1, 0.15) is 24.5 Å². The van der Waals surface area contributed by atoms with Crippen molar-refractivity contribution in [3.8, 4) is 5.75 Å². The van der Waals surface area contributed by atoms with Crippen LogP contribution in [0.15, 0.2) is 57.7 Å². The minimum Gasteiger partial charge on any atom is -0.489 e. The highest BCUT2D eigenvalue weighted by atomic mass is 35.5. The maximum absolute atomic E-state index is 11.7. The lowest BCUT2D eigenvalue weighted by Gasteiger charge is -2.09. The number of benzene rings is 2. The third-order valence-electron chi connectivity index (χ3n) is 3.62. The van der Waals surface area contributed by atoms with Crippen LogP contribution in [0.2, 0.25) is 5.02 Å². The van der Waals surface area contributed by atoms with Gasteiger partial charge in [0.15, 0.2) is 0 Å². The van der Waals surface area contributed by atoms with E-state index in [1.165, 1.54) is 0 Å². The van der Waals surface area contributed by atoms with Crippen LogP contribution >= 0.6 is 11.6 Å². The smallest absolute Gasteiger partial charge is 0.336 e. The van der Waals surface area contributed by atoms with Crippen molar-refractivity contribution in [2.75, 3.05) is 0 Å². The Bertz CT molecular complexity index is 883. The molecule has 0 saturated carbocycles. The van der Waals surface area contributed by atoms with Crippen molar-refractivity contribution in [1.29, 1.82) is 0 Å². The van der Waals surface area contributed by atoms with Gasteiger partial charge in [-0.2, -0.15) is 0 Å². The molecular weight excluding hydrogens is 312 g/mol. The van der Waals surface area contributed by atoms with Crippen LogP contribution in [-0.2, 0) is 13.0 Å². The summed E-state index contributed by atoms with van der Waals surface area (Å²) >= 11 is 5.96. The molecule has 0 radical (unpaired) electrons. The van der Waals surface area contributed by atoms with Crippen LogP contribution in [-0.4, -0.2) is 0 Å². The maximum Gasteiger partial charge on any atom is 0.336 e. The van der Waals surface area contributed by atoms with Crippen molar-refractivity contribution >= 4 is 22.6 Å². The molecule has 0 fully saturated rings. The van der Waals surface area contributed by atoms with E-state index < -0.39 is 0 Å². The van der Waals surface area contributed by atoms with Crippen molar-refractivity contribution in [2.45, 2.75) is 26.4 Å². The van der Waals surface area contributed by atoms with Crippen LogP contribution in [0.3, 0.4) is 0 Å². The SMILES string of the molecule is CCCc1cc(=O)oc2cc(OCc3cccc(Cl)c3)ccc12. The first-order valence-electron chi connectivity index (χ1n) is 7.60. The summed E-state index contributed by atoms with van der Waals surface area (Å²) < 4.78 is 11.1. The summed E-state index contributed by atoms with van der Waals surface area (Å²) in [5.74, 6) is 0.661. The molecule has 0 aliphatic heterocycles. The molecule has 0 aliphatic rings. The van der Waals surface area contributed by atoms with Gasteiger partial charge in [0, 0.05) is 22.5 Å². The Balaban J connectivity index is 1.86. The predicted molar refractivity (Wildman–Crippen MR) is 92.3 cm³/mol. The molecule has 1 aromatic heterocycles. The normalized spacial score (nSPS) is 10.9. The topological polar surface area (TPSA) is 39.4 Å². The minimum absolute atomic E-state index is 0.326. The van der Waals surface area contributed by atoms with Gasteiger partial charge in [0.1, 0.15) is 17.9 Å². The molecule has 0 unspecified atom stereocenters. The highest BCUT2D eigenvalue weighted by Crippen LogP contribution is 2.24. The summed E-state index contributed by atoms with van der Waals surface area (Å²) in [6.07, 6.45) is 1.83. The fourth-order valence-corrected chi connectivity index (χ4v) is 2.78. The number of rotatable bonds is 5. The Morgan fingerprint density at radius 3 is 2.78 bits per heavy atom. The van der Waals surface area contributed by atoms with E-state index in [4.69, 9.17) is 20.8 Å². The van der Waals surface area contributed by atoms with Crippen LogP contribution in [0.5, 0.6) is 5.75 Å². The summed E-state index contributed by atoms with van der Waals surface area (Å²) in [6.45, 7) is 2.49. The molecule has 1 heterocycles. The molecule has 0 saturated heterocycles. The van der Waals surface area contributed by atoms with E-state index in [1.54, 1.807) is 12.1 Å². The molecule has 4 heteroatoms. The molecule has 2 aromatic carbocycles. The van der Waals surface area contributed by atoms with Crippen LogP contribution in [0.4, 0.5) is 0 Å². The van der Waals surface area contributed by atoms with Gasteiger partial charge in [-0.05, 0) is 41.8 Å². The Kier molecular flexibility index (Phi) is 4.68. The quantitative estimate of drug-likeness (QED) is 0.620. The van der Waals surface area contributed by atoms with Gasteiger partial charge in [-0.15, -0.1) is 0 Å². The first-order chi connectivity index (χ1) is 11.2. The lowest BCUT2D eigenvalue weighted by Crippen LogP contribution is -2.01. The van der Waals surface area contributed by atoms with Crippen LogP contribution in [0, 0.1) is 0 Å². The summed E-state index contributed by atoms with van der Waals surface area (Å²) in [6, 6.07) is 14.7. The lowest BCUT2D eigenvalue weighted by atomic mass is 10.1. The van der Waals surface area contributed by atoms with E-state index in [1.807, 2.05) is 36.4 Å². The first-order valence-corrected chi connectivity index (χ1v) is 7.97. The molecule has 3 aromatic rings. The number of hydrogen-bond acceptors (Lipinski definition) is 3. The third kappa shape index (κ3) is 3.74. The molecule has 118 valence electrons. The fourth-order valence-electron chi connectivity index (χ4n) is 2.57. The van der Waals surface area contributed by atoms with E-state index in [0.29, 0.717) is 23.0 Å². The number of hydrogen-bond donors (Lipinski definition) is 0. The van der Waals surface area contributed by atoms with E-state index in [-0.39, 0.29) is 5.63 Å². The zero-order valence-corrected chi connectivity index (χ0v) is 13.6. The molecule has 0 N–H and O–H groups in total. The monoisotopic (exact) mass is 328 g/mol. The Morgan fingerprint density at radius 1 is 1.13 bits per heavy atom. The predicted octanol–water partition coefficient (Wildman–Crippen LogP) is 4.98. The summed E-state index contributed by atoms with van der Waals surface area (Å²) in [7, 11) is 0. The second kappa shape index (κ2) is 6.88. The van der Waals surface area contributed by atoms with E-state index in [0.717, 1.165) is 29.4 Å². The van der Waals surface area contributed by atoms with E-state index in [9.17, 15) is 4.79 Å². The maximum atomic E-state index is 11.7. The molecule has 3 nitrogen and oxygen atoms in total. The van der Waals surface area contributed by atoms with E-state index >= 15 is 0 Å². The first kappa shape index (κ1) is 15.6. The van der Waals surface area contributed by atoms with Crippen molar-refractivity contribution in [3.05, 3.63) is 75.1 Å². The largest absolute Gasteiger partial charge is 0.489 e. The van der Waals surface area contributed by atoms with Gasteiger partial charge in [0.05, 0.1) is 0 Å². The molecule has 0 amide bonds. The van der Waals surface area contributed by atoms with Gasteiger partial charge in [0.2, 0.25) is 0 Å². The van der Waals surface area contributed by atoms with Gasteiger partial charge in [-0.25, -0.2) is 4.79 Å². The zero-order chi connectivity index (χ0) is 16.2. The van der Waals surface area contributed by atoms with Crippen molar-refractivity contribution in [2.24, 2.45) is 0 Å². The van der Waals surface area contributed by atoms with E-state index in [2.05, 4.69) is 6.92 Å². The van der Waals surface area contributed by atoms with Crippen LogP contribution < -0.4 is 10.4 Å². The van der Waals surface area contributed by atoms with Gasteiger partial charge in [-0.3, -0.25) is 0 Å². The molecule has 23 heavy (non-hydrogen) atoms. The third-order valence-corrected chi connectivity index (χ3v) is 3.85. The van der Waals surface area contributed by atoms with Gasteiger partial charge in [0.25, 0.3) is 0 Å². The molecule has 0 atom stereocenters. The average molecular weight is 329 g/mol. The summed E-state index contributed by atoms with van der Waals surface area (Å²) in [4.78, 5) is 11.7. The lowest BCUT2D eigenvalue weighted by molar-refractivity contribution is 0.306. The molecule has 0 spiro atoms. The highest BCUT2D eigenvalue weighted by Gasteiger charge is 2.07. The number of ether oxygens (including phenoxy) is 1. The molecule has 0 bridgehead atoms. The standard InChI is InChI=1S/C19H17ClO3/c1-2-4-14-10-19(21)23-18-11-16(7-8-17(14)18)22-12-13-5-3-6-15(20)9-13/h3,5-11H,2,4,12H2,1H3. The number of aryl methyl sites for hydroxylation is 1. The van der Waals surface area contributed by atoms with Gasteiger partial charge >= 0.3 is 5.63 Å². The molecular formula is C19H17ClO3. The summed E-state index contributed by atoms with van der Waals surface area (Å²) in [5.41, 5.74) is 2.23. The highest BCUT2D eigenvalue weighted by molar-refractivity contribution is 6.30. The Morgan fingerprint density at radius 2 is 2.00 bits per heavy atom. The Hall–Kier alpha value is -2.26. The van der Waals surface area contributed by atoms with Crippen molar-refractivity contribution in [3.63, 3.8) is 0 Å². The number of halogens is 1. The molecule has 3 rings (SSSR count). The van der Waals surface area contributed by atoms with Crippen molar-refractivity contribution in [1.82, 2.24) is 0 Å². The summed E-state index contributed by atoms with van der Waals surface area (Å²) in [5, 5.41) is 1.64. The van der Waals surface area contributed by atoms with Crippen LogP contribution in [0.25, 0.3) is 11.0 Å². The fraction of sp³-hybridized carbons (Fsp3) is 0.211. The van der Waals surface area contributed by atoms with Crippen molar-refractivity contribution < 1.29 is 9.15 Å². The molecule has 0 aliphatic carbocycles. The second-order valence-corrected chi connectivity index (χ2v) is 5.85. The van der Waals surface area contributed by atoms with Gasteiger partial charge < -0.3 is 9.15 Å². The Labute approximate surface area is 139 Å². The minimum atomic E-state index is -0.326.